The van der Waals surface area contributed by atoms with Gasteiger partial charge in [-0.1, -0.05) is 20.4 Å². The van der Waals surface area contributed by atoms with Crippen molar-refractivity contribution in [2.75, 3.05) is 12.4 Å². The third-order valence-corrected chi connectivity index (χ3v) is 1.91. The highest BCUT2D eigenvalue weighted by Gasteiger charge is 2.15. The first-order valence-corrected chi connectivity index (χ1v) is 5.63. The molecule has 0 atom stereocenters. The Morgan fingerprint density at radius 2 is 2.00 bits per heavy atom. The molecule has 0 saturated heterocycles. The maximum atomic E-state index is 11.0. The Morgan fingerprint density at radius 3 is 2.36 bits per heavy atom. The molecular weight excluding hydrogens is 208 g/mol. The Bertz CT molecular complexity index is 315. The average molecular weight is 222 g/mol. The van der Waals surface area contributed by atoms with E-state index >= 15 is 0 Å². The molecule has 0 aliphatic heterocycles. The lowest BCUT2D eigenvalue weighted by Crippen LogP contribution is -2.17. The topological polar surface area (TPSA) is 80.7 Å². The second-order valence-electron chi connectivity index (χ2n) is 3.32. The van der Waals surface area contributed by atoms with E-state index in [4.69, 9.17) is 9.29 Å². The number of hydrogen-bond donors (Lipinski definition) is 1. The molecular formula is C8H14O5S. The van der Waals surface area contributed by atoms with Gasteiger partial charge in [-0.15, -0.1) is 0 Å². The largest absolute Gasteiger partial charge is 0.462 e. The van der Waals surface area contributed by atoms with Crippen molar-refractivity contribution < 1.29 is 22.5 Å². The van der Waals surface area contributed by atoms with E-state index in [2.05, 4.69) is 6.58 Å². The SMILES string of the molecule is C=C(CS(=O)(=O)O)C(=O)OCC(C)C. The summed E-state index contributed by atoms with van der Waals surface area (Å²) in [6.07, 6.45) is 0. The molecule has 0 aromatic rings. The Morgan fingerprint density at radius 1 is 1.50 bits per heavy atom. The summed E-state index contributed by atoms with van der Waals surface area (Å²) in [7, 11) is -4.21. The zero-order chi connectivity index (χ0) is 11.4. The van der Waals surface area contributed by atoms with Gasteiger partial charge < -0.3 is 4.74 Å². The van der Waals surface area contributed by atoms with Crippen molar-refractivity contribution in [3.8, 4) is 0 Å². The van der Waals surface area contributed by atoms with Gasteiger partial charge in [0.15, 0.2) is 0 Å². The van der Waals surface area contributed by atoms with Crippen LogP contribution in [0.15, 0.2) is 12.2 Å². The fourth-order valence-corrected chi connectivity index (χ4v) is 1.18. The van der Waals surface area contributed by atoms with Gasteiger partial charge in [-0.2, -0.15) is 8.42 Å². The van der Waals surface area contributed by atoms with E-state index in [0.29, 0.717) is 0 Å². The molecule has 0 bridgehead atoms. The molecule has 0 fully saturated rings. The first-order valence-electron chi connectivity index (χ1n) is 4.02. The summed E-state index contributed by atoms with van der Waals surface area (Å²) in [5.41, 5.74) is -0.270. The van der Waals surface area contributed by atoms with Crippen LogP contribution >= 0.6 is 0 Å². The molecule has 6 heteroatoms. The summed E-state index contributed by atoms with van der Waals surface area (Å²) in [6.45, 7) is 7.09. The predicted molar refractivity (Wildman–Crippen MR) is 51.4 cm³/mol. The molecule has 0 unspecified atom stereocenters. The van der Waals surface area contributed by atoms with Crippen LogP contribution in [0.25, 0.3) is 0 Å². The summed E-state index contributed by atoms with van der Waals surface area (Å²) in [5.74, 6) is -1.42. The molecule has 0 saturated carbocycles. The summed E-state index contributed by atoms with van der Waals surface area (Å²) in [4.78, 5) is 11.0. The summed E-state index contributed by atoms with van der Waals surface area (Å²) < 4.78 is 33.9. The van der Waals surface area contributed by atoms with Gasteiger partial charge in [0, 0.05) is 5.57 Å². The van der Waals surface area contributed by atoms with Gasteiger partial charge in [-0.25, -0.2) is 4.79 Å². The van der Waals surface area contributed by atoms with Crippen molar-refractivity contribution >= 4 is 16.1 Å². The highest BCUT2D eigenvalue weighted by atomic mass is 32.2. The summed E-state index contributed by atoms with van der Waals surface area (Å²) in [6, 6.07) is 0. The third-order valence-electron chi connectivity index (χ3n) is 1.19. The minimum absolute atomic E-state index is 0.164. The van der Waals surface area contributed by atoms with E-state index in [1.165, 1.54) is 0 Å². The maximum absolute atomic E-state index is 11.0. The molecule has 0 spiro atoms. The maximum Gasteiger partial charge on any atom is 0.334 e. The van der Waals surface area contributed by atoms with Crippen molar-refractivity contribution in [2.45, 2.75) is 13.8 Å². The summed E-state index contributed by atoms with van der Waals surface area (Å²) >= 11 is 0. The van der Waals surface area contributed by atoms with Gasteiger partial charge in [-0.05, 0) is 5.92 Å². The lowest BCUT2D eigenvalue weighted by atomic mass is 10.2. The fraction of sp³-hybridized carbons (Fsp3) is 0.625. The minimum atomic E-state index is -4.21. The van der Waals surface area contributed by atoms with Crippen LogP contribution in [0.1, 0.15) is 13.8 Å². The van der Waals surface area contributed by atoms with E-state index in [-0.39, 0.29) is 18.1 Å². The van der Waals surface area contributed by atoms with E-state index in [1.54, 1.807) is 0 Å². The van der Waals surface area contributed by atoms with Crippen LogP contribution in [-0.2, 0) is 19.6 Å². The average Bonchev–Trinajstić information content (AvgIpc) is 1.96. The number of esters is 1. The first-order chi connectivity index (χ1) is 6.22. The first kappa shape index (κ1) is 13.1. The van der Waals surface area contributed by atoms with Crippen LogP contribution in [-0.4, -0.2) is 31.3 Å². The van der Waals surface area contributed by atoms with E-state index in [9.17, 15) is 13.2 Å². The molecule has 0 aliphatic carbocycles. The molecule has 0 aliphatic rings. The number of rotatable bonds is 5. The second kappa shape index (κ2) is 5.11. The molecule has 5 nitrogen and oxygen atoms in total. The molecule has 0 radical (unpaired) electrons. The smallest absolute Gasteiger partial charge is 0.334 e. The minimum Gasteiger partial charge on any atom is -0.462 e. The van der Waals surface area contributed by atoms with Crippen LogP contribution in [0, 0.1) is 5.92 Å². The van der Waals surface area contributed by atoms with Crippen molar-refractivity contribution in [2.24, 2.45) is 5.92 Å². The van der Waals surface area contributed by atoms with E-state index in [1.807, 2.05) is 13.8 Å². The zero-order valence-electron chi connectivity index (χ0n) is 8.19. The highest BCUT2D eigenvalue weighted by Crippen LogP contribution is 2.01. The Kier molecular flexibility index (Phi) is 4.79. The van der Waals surface area contributed by atoms with Crippen molar-refractivity contribution in [1.29, 1.82) is 0 Å². The van der Waals surface area contributed by atoms with Crippen LogP contribution < -0.4 is 0 Å². The second-order valence-corrected chi connectivity index (χ2v) is 4.77. The van der Waals surface area contributed by atoms with Crippen LogP contribution in [0.4, 0.5) is 0 Å². The third kappa shape index (κ3) is 6.62. The zero-order valence-corrected chi connectivity index (χ0v) is 9.00. The van der Waals surface area contributed by atoms with Crippen molar-refractivity contribution in [3.63, 3.8) is 0 Å². The molecule has 0 aromatic carbocycles. The van der Waals surface area contributed by atoms with Crippen molar-refractivity contribution in [3.05, 3.63) is 12.2 Å². The standard InChI is InChI=1S/C8H14O5S/c1-6(2)4-13-8(9)7(3)5-14(10,11)12/h6H,3-5H2,1-2H3,(H,10,11,12). The van der Waals surface area contributed by atoms with Gasteiger partial charge >= 0.3 is 5.97 Å². The number of carbonyl (C=O) groups is 1. The van der Waals surface area contributed by atoms with E-state index in [0.717, 1.165) is 0 Å². The Labute approximate surface area is 83.5 Å². The van der Waals surface area contributed by atoms with Gasteiger partial charge in [0.2, 0.25) is 0 Å². The molecule has 82 valence electrons. The lowest BCUT2D eigenvalue weighted by molar-refractivity contribution is -0.139. The van der Waals surface area contributed by atoms with Crippen LogP contribution in [0.5, 0.6) is 0 Å². The van der Waals surface area contributed by atoms with Gasteiger partial charge in [0.05, 0.1) is 6.61 Å². The number of carbonyl (C=O) groups excluding carboxylic acids is 1. The van der Waals surface area contributed by atoms with Gasteiger partial charge in [0.1, 0.15) is 5.75 Å². The fourth-order valence-electron chi connectivity index (χ4n) is 0.624. The molecule has 1 N–H and O–H groups in total. The molecule has 14 heavy (non-hydrogen) atoms. The lowest BCUT2D eigenvalue weighted by Gasteiger charge is -2.07. The van der Waals surface area contributed by atoms with Gasteiger partial charge in [-0.3, -0.25) is 4.55 Å². The Balaban J connectivity index is 4.08. The van der Waals surface area contributed by atoms with Crippen LogP contribution in [0.3, 0.4) is 0 Å². The summed E-state index contributed by atoms with van der Waals surface area (Å²) in [5, 5.41) is 0. The van der Waals surface area contributed by atoms with Crippen LogP contribution in [0.2, 0.25) is 0 Å². The number of hydrogen-bond acceptors (Lipinski definition) is 4. The predicted octanol–water partition coefficient (Wildman–Crippen LogP) is 0.630. The molecule has 0 aromatic heterocycles. The quantitative estimate of drug-likeness (QED) is 0.419. The van der Waals surface area contributed by atoms with E-state index < -0.39 is 21.8 Å². The van der Waals surface area contributed by atoms with Crippen molar-refractivity contribution in [1.82, 2.24) is 0 Å². The Hall–Kier alpha value is -0.880. The normalized spacial score (nSPS) is 11.4. The number of ether oxygens (including phenoxy) is 1. The monoisotopic (exact) mass is 222 g/mol. The molecule has 0 heterocycles. The molecule has 0 amide bonds. The van der Waals surface area contributed by atoms with Gasteiger partial charge in [0.25, 0.3) is 10.1 Å². The molecule has 0 rings (SSSR count). The highest BCUT2D eigenvalue weighted by molar-refractivity contribution is 7.86.